The summed E-state index contributed by atoms with van der Waals surface area (Å²) in [5.41, 5.74) is 3.21. The van der Waals surface area contributed by atoms with Crippen molar-refractivity contribution in [2.75, 3.05) is 7.11 Å². The highest BCUT2D eigenvalue weighted by Gasteiger charge is 2.13. The highest BCUT2D eigenvalue weighted by molar-refractivity contribution is 7.07. The zero-order chi connectivity index (χ0) is 16.9. The lowest BCUT2D eigenvalue weighted by molar-refractivity contribution is 0.415. The number of rotatable bonds is 5. The minimum absolute atomic E-state index is 0.170. The Bertz CT molecular complexity index is 853. The molecule has 24 heavy (non-hydrogen) atoms. The standard InChI is InChI=1S/C19H19ClN2OS/c1-14(15-6-4-3-5-7-15)22-17(12-20)13-24-19(22)21-16-8-10-18(23-2)11-9-16/h3-11,13-14H,12H2,1-2H3. The van der Waals surface area contributed by atoms with Crippen LogP contribution in [0.15, 0.2) is 65.0 Å². The second-order valence-electron chi connectivity index (χ2n) is 5.41. The summed E-state index contributed by atoms with van der Waals surface area (Å²) in [6.45, 7) is 2.17. The van der Waals surface area contributed by atoms with Gasteiger partial charge in [0.05, 0.1) is 24.7 Å². The molecule has 2 aromatic carbocycles. The monoisotopic (exact) mass is 358 g/mol. The maximum atomic E-state index is 6.15. The molecule has 0 spiro atoms. The number of hydrogen-bond acceptors (Lipinski definition) is 3. The van der Waals surface area contributed by atoms with E-state index in [-0.39, 0.29) is 6.04 Å². The lowest BCUT2D eigenvalue weighted by Gasteiger charge is -2.17. The van der Waals surface area contributed by atoms with Crippen LogP contribution in [-0.2, 0) is 5.88 Å². The number of methoxy groups -OCH3 is 1. The molecule has 1 unspecified atom stereocenters. The first-order valence-electron chi connectivity index (χ1n) is 7.71. The Kier molecular flexibility index (Phi) is 5.38. The fourth-order valence-electron chi connectivity index (χ4n) is 2.60. The first-order valence-corrected chi connectivity index (χ1v) is 9.13. The summed E-state index contributed by atoms with van der Waals surface area (Å²) in [5, 5.41) is 2.08. The SMILES string of the molecule is COc1ccc(N=c2scc(CCl)n2C(C)c2ccccc2)cc1. The van der Waals surface area contributed by atoms with E-state index in [9.17, 15) is 0 Å². The van der Waals surface area contributed by atoms with Gasteiger partial charge in [0.1, 0.15) is 5.75 Å². The summed E-state index contributed by atoms with van der Waals surface area (Å²) in [6.07, 6.45) is 0. The van der Waals surface area contributed by atoms with Crippen molar-refractivity contribution >= 4 is 28.6 Å². The average Bonchev–Trinajstić information content (AvgIpc) is 3.05. The third-order valence-corrected chi connectivity index (χ3v) is 5.08. The lowest BCUT2D eigenvalue weighted by Crippen LogP contribution is -2.21. The molecule has 0 aliphatic carbocycles. The van der Waals surface area contributed by atoms with Crippen molar-refractivity contribution in [3.8, 4) is 5.75 Å². The van der Waals surface area contributed by atoms with E-state index in [0.717, 1.165) is 21.9 Å². The van der Waals surface area contributed by atoms with Crippen molar-refractivity contribution in [1.29, 1.82) is 0 Å². The molecule has 124 valence electrons. The van der Waals surface area contributed by atoms with Crippen LogP contribution in [0.2, 0.25) is 0 Å². The number of alkyl halides is 1. The molecule has 1 atom stereocenters. The predicted molar refractivity (Wildman–Crippen MR) is 100 cm³/mol. The number of halogens is 1. The van der Waals surface area contributed by atoms with Crippen LogP contribution in [0.25, 0.3) is 0 Å². The number of thiazole rings is 1. The molecule has 1 aromatic heterocycles. The van der Waals surface area contributed by atoms with Crippen molar-refractivity contribution in [3.05, 3.63) is 76.0 Å². The molecule has 1 heterocycles. The zero-order valence-corrected chi connectivity index (χ0v) is 15.2. The molecule has 0 radical (unpaired) electrons. The van der Waals surface area contributed by atoms with Gasteiger partial charge in [-0.2, -0.15) is 0 Å². The first-order chi connectivity index (χ1) is 11.7. The fraction of sp³-hybridized carbons (Fsp3) is 0.211. The summed E-state index contributed by atoms with van der Waals surface area (Å²) >= 11 is 7.76. The molecule has 0 N–H and O–H groups in total. The average molecular weight is 359 g/mol. The first kappa shape index (κ1) is 16.8. The third kappa shape index (κ3) is 3.55. The summed E-state index contributed by atoms with van der Waals surface area (Å²) in [7, 11) is 1.66. The van der Waals surface area contributed by atoms with Crippen LogP contribution in [0, 0.1) is 0 Å². The van der Waals surface area contributed by atoms with Gasteiger partial charge in [0.15, 0.2) is 4.80 Å². The van der Waals surface area contributed by atoms with Gasteiger partial charge >= 0.3 is 0 Å². The topological polar surface area (TPSA) is 26.5 Å². The van der Waals surface area contributed by atoms with Crippen LogP contribution in [-0.4, -0.2) is 11.7 Å². The van der Waals surface area contributed by atoms with E-state index in [2.05, 4.69) is 41.1 Å². The molecule has 3 nitrogen and oxygen atoms in total. The van der Waals surface area contributed by atoms with E-state index < -0.39 is 0 Å². The highest BCUT2D eigenvalue weighted by atomic mass is 35.5. The van der Waals surface area contributed by atoms with Crippen LogP contribution < -0.4 is 9.54 Å². The zero-order valence-electron chi connectivity index (χ0n) is 13.6. The smallest absolute Gasteiger partial charge is 0.190 e. The van der Waals surface area contributed by atoms with E-state index in [0.29, 0.717) is 5.88 Å². The van der Waals surface area contributed by atoms with Gasteiger partial charge < -0.3 is 9.30 Å². The molecular formula is C19H19ClN2OS. The molecule has 5 heteroatoms. The second-order valence-corrected chi connectivity index (χ2v) is 6.51. The van der Waals surface area contributed by atoms with Crippen molar-refractivity contribution in [2.45, 2.75) is 18.8 Å². The van der Waals surface area contributed by atoms with Crippen molar-refractivity contribution in [1.82, 2.24) is 4.57 Å². The molecular weight excluding hydrogens is 340 g/mol. The van der Waals surface area contributed by atoms with Gasteiger partial charge in [-0.05, 0) is 36.8 Å². The van der Waals surface area contributed by atoms with Crippen LogP contribution in [0.1, 0.15) is 24.2 Å². The van der Waals surface area contributed by atoms with Gasteiger partial charge in [-0.15, -0.1) is 22.9 Å². The van der Waals surface area contributed by atoms with Crippen LogP contribution in [0.5, 0.6) is 5.75 Å². The van der Waals surface area contributed by atoms with Crippen molar-refractivity contribution in [3.63, 3.8) is 0 Å². The van der Waals surface area contributed by atoms with Crippen molar-refractivity contribution in [2.24, 2.45) is 4.99 Å². The number of benzene rings is 2. The van der Waals surface area contributed by atoms with Gasteiger partial charge in [-0.25, -0.2) is 4.99 Å². The highest BCUT2D eigenvalue weighted by Crippen LogP contribution is 2.22. The molecule has 3 rings (SSSR count). The molecule has 0 saturated carbocycles. The van der Waals surface area contributed by atoms with Crippen LogP contribution in [0.4, 0.5) is 5.69 Å². The maximum absolute atomic E-state index is 6.15. The van der Waals surface area contributed by atoms with Gasteiger partial charge in [0, 0.05) is 11.1 Å². The van der Waals surface area contributed by atoms with E-state index in [1.54, 1.807) is 18.4 Å². The molecule has 0 aliphatic heterocycles. The van der Waals surface area contributed by atoms with Crippen LogP contribution >= 0.6 is 22.9 Å². The van der Waals surface area contributed by atoms with Gasteiger partial charge in [0.25, 0.3) is 0 Å². The lowest BCUT2D eigenvalue weighted by atomic mass is 10.1. The number of ether oxygens (including phenoxy) is 1. The Labute approximate surface area is 150 Å². The van der Waals surface area contributed by atoms with E-state index in [1.807, 2.05) is 30.3 Å². The Morgan fingerprint density at radius 3 is 2.46 bits per heavy atom. The number of nitrogens with zero attached hydrogens (tertiary/aromatic N) is 2. The molecule has 0 aliphatic rings. The number of aromatic nitrogens is 1. The van der Waals surface area contributed by atoms with Crippen molar-refractivity contribution < 1.29 is 4.74 Å². The Morgan fingerprint density at radius 2 is 1.83 bits per heavy atom. The van der Waals surface area contributed by atoms with E-state index >= 15 is 0 Å². The minimum Gasteiger partial charge on any atom is -0.497 e. The minimum atomic E-state index is 0.170. The van der Waals surface area contributed by atoms with E-state index in [4.69, 9.17) is 21.3 Å². The normalized spacial score (nSPS) is 13.0. The second kappa shape index (κ2) is 7.69. The molecule has 0 amide bonds. The summed E-state index contributed by atoms with van der Waals surface area (Å²) in [5.74, 6) is 1.29. The molecule has 0 bridgehead atoms. The fourth-order valence-corrected chi connectivity index (χ4v) is 3.88. The Hall–Kier alpha value is -2.04. The van der Waals surface area contributed by atoms with E-state index in [1.165, 1.54) is 5.56 Å². The summed E-state index contributed by atoms with van der Waals surface area (Å²) in [6, 6.07) is 18.3. The summed E-state index contributed by atoms with van der Waals surface area (Å²) in [4.78, 5) is 5.74. The molecule has 0 saturated heterocycles. The Balaban J connectivity index is 2.05. The van der Waals surface area contributed by atoms with Gasteiger partial charge in [0.2, 0.25) is 0 Å². The predicted octanol–water partition coefficient (Wildman–Crippen LogP) is 5.14. The Morgan fingerprint density at radius 1 is 1.12 bits per heavy atom. The molecule has 0 fully saturated rings. The third-order valence-electron chi connectivity index (χ3n) is 3.92. The number of hydrogen-bond donors (Lipinski definition) is 0. The summed E-state index contributed by atoms with van der Waals surface area (Å²) < 4.78 is 7.40. The largest absolute Gasteiger partial charge is 0.497 e. The molecule has 3 aromatic rings. The van der Waals surface area contributed by atoms with Gasteiger partial charge in [-0.1, -0.05) is 30.3 Å². The van der Waals surface area contributed by atoms with Crippen LogP contribution in [0.3, 0.4) is 0 Å². The maximum Gasteiger partial charge on any atom is 0.190 e. The van der Waals surface area contributed by atoms with Gasteiger partial charge in [-0.3, -0.25) is 0 Å². The quantitative estimate of drug-likeness (QED) is 0.580.